The number of benzene rings is 2. The number of aromatic nitrogens is 2. The Hall–Kier alpha value is -2.35. The summed E-state index contributed by atoms with van der Waals surface area (Å²) < 4.78 is 5.66. The average molecular weight is 451 g/mol. The summed E-state index contributed by atoms with van der Waals surface area (Å²) in [6, 6.07) is 10.5. The molecule has 0 aliphatic carbocycles. The molecule has 152 valence electrons. The number of hydrogen-bond acceptors (Lipinski definition) is 5. The smallest absolute Gasteiger partial charge is 0.325 e. The van der Waals surface area contributed by atoms with Gasteiger partial charge in [0.25, 0.3) is 0 Å². The van der Waals surface area contributed by atoms with Gasteiger partial charge in [-0.05, 0) is 61.7 Å². The number of halogens is 2. The number of aryl methyl sites for hydroxylation is 3. The van der Waals surface area contributed by atoms with E-state index in [-0.39, 0.29) is 6.03 Å². The summed E-state index contributed by atoms with van der Waals surface area (Å²) in [5.74, 6) is 0.596. The van der Waals surface area contributed by atoms with Crippen LogP contribution in [0.25, 0.3) is 0 Å². The lowest BCUT2D eigenvalue weighted by Gasteiger charge is -2.07. The van der Waals surface area contributed by atoms with E-state index in [1.165, 1.54) is 16.9 Å². The Balaban J connectivity index is 1.44. The van der Waals surface area contributed by atoms with Crippen molar-refractivity contribution in [3.8, 4) is 5.75 Å². The minimum absolute atomic E-state index is 0.350. The van der Waals surface area contributed by atoms with Crippen molar-refractivity contribution in [3.63, 3.8) is 0 Å². The van der Waals surface area contributed by atoms with Crippen LogP contribution in [0.4, 0.5) is 15.6 Å². The number of nitrogens with one attached hydrogen (secondary N) is 2. The van der Waals surface area contributed by atoms with Crippen molar-refractivity contribution < 1.29 is 9.53 Å². The molecule has 0 saturated heterocycles. The largest absolute Gasteiger partial charge is 0.492 e. The molecule has 9 heteroatoms. The number of nitrogens with zero attached hydrogens (tertiary/aromatic N) is 2. The van der Waals surface area contributed by atoms with Gasteiger partial charge in [-0.25, -0.2) is 4.79 Å². The van der Waals surface area contributed by atoms with E-state index in [0.29, 0.717) is 34.0 Å². The number of rotatable bonds is 7. The third-order valence-corrected chi connectivity index (χ3v) is 5.57. The van der Waals surface area contributed by atoms with Crippen LogP contribution in [0, 0.1) is 13.8 Å². The highest BCUT2D eigenvalue weighted by molar-refractivity contribution is 7.15. The first-order valence-corrected chi connectivity index (χ1v) is 10.5. The molecule has 0 aliphatic rings. The molecule has 0 aliphatic heterocycles. The zero-order valence-corrected chi connectivity index (χ0v) is 18.3. The summed E-state index contributed by atoms with van der Waals surface area (Å²) in [6.07, 6.45) is 1.42. The normalized spacial score (nSPS) is 10.6. The van der Waals surface area contributed by atoms with E-state index >= 15 is 0 Å². The number of carbonyl (C=O) groups is 1. The Morgan fingerprint density at radius 3 is 2.66 bits per heavy atom. The second kappa shape index (κ2) is 9.91. The molecule has 0 unspecified atom stereocenters. The number of urea groups is 1. The van der Waals surface area contributed by atoms with E-state index in [4.69, 9.17) is 27.9 Å². The third-order valence-electron chi connectivity index (χ3n) is 4.14. The first kappa shape index (κ1) is 21.4. The molecule has 0 atom stereocenters. The molecule has 2 aromatic carbocycles. The van der Waals surface area contributed by atoms with Gasteiger partial charge in [-0.2, -0.15) is 0 Å². The lowest BCUT2D eigenvalue weighted by atomic mass is 10.1. The number of amides is 2. The summed E-state index contributed by atoms with van der Waals surface area (Å²) in [5, 5.41) is 15.9. The molecule has 29 heavy (non-hydrogen) atoms. The van der Waals surface area contributed by atoms with Crippen LogP contribution in [-0.4, -0.2) is 22.8 Å². The van der Waals surface area contributed by atoms with E-state index < -0.39 is 0 Å². The Morgan fingerprint density at radius 1 is 1.07 bits per heavy atom. The van der Waals surface area contributed by atoms with Crippen molar-refractivity contribution in [1.29, 1.82) is 0 Å². The maximum atomic E-state index is 12.1. The molecule has 0 radical (unpaired) electrons. The van der Waals surface area contributed by atoms with Gasteiger partial charge in [-0.1, -0.05) is 40.6 Å². The first-order valence-electron chi connectivity index (χ1n) is 8.96. The minimum atomic E-state index is -0.350. The first-order chi connectivity index (χ1) is 13.9. The summed E-state index contributed by atoms with van der Waals surface area (Å²) >= 11 is 13.3. The van der Waals surface area contributed by atoms with Crippen molar-refractivity contribution in [2.75, 3.05) is 17.2 Å². The maximum Gasteiger partial charge on any atom is 0.325 e. The second-order valence-corrected chi connectivity index (χ2v) is 8.31. The highest BCUT2D eigenvalue weighted by Gasteiger charge is 2.09. The van der Waals surface area contributed by atoms with Crippen LogP contribution >= 0.6 is 34.5 Å². The highest BCUT2D eigenvalue weighted by Crippen LogP contribution is 2.27. The zero-order chi connectivity index (χ0) is 20.8. The van der Waals surface area contributed by atoms with Crippen LogP contribution in [0.5, 0.6) is 5.75 Å². The fourth-order valence-electron chi connectivity index (χ4n) is 2.48. The Morgan fingerprint density at radius 2 is 1.90 bits per heavy atom. The van der Waals surface area contributed by atoms with Crippen molar-refractivity contribution >= 4 is 51.4 Å². The molecule has 0 bridgehead atoms. The molecule has 0 spiro atoms. The minimum Gasteiger partial charge on any atom is -0.492 e. The monoisotopic (exact) mass is 450 g/mol. The zero-order valence-electron chi connectivity index (χ0n) is 16.0. The molecular formula is C20H20Cl2N4O2S. The number of anilines is 2. The van der Waals surface area contributed by atoms with E-state index in [1.807, 2.05) is 32.0 Å². The lowest BCUT2D eigenvalue weighted by molar-refractivity contribution is 0.262. The van der Waals surface area contributed by atoms with Crippen LogP contribution in [-0.2, 0) is 6.42 Å². The molecule has 0 saturated carbocycles. The fraction of sp³-hybridized carbons (Fsp3) is 0.250. The van der Waals surface area contributed by atoms with E-state index in [9.17, 15) is 4.79 Å². The van der Waals surface area contributed by atoms with E-state index in [1.54, 1.807) is 18.2 Å². The molecular weight excluding hydrogens is 431 g/mol. The van der Waals surface area contributed by atoms with Gasteiger partial charge in [0.2, 0.25) is 5.13 Å². The fourth-order valence-corrected chi connectivity index (χ4v) is 3.72. The Bertz CT molecular complexity index is 1010. The molecule has 0 fully saturated rings. The van der Waals surface area contributed by atoms with Crippen molar-refractivity contribution in [3.05, 3.63) is 62.6 Å². The van der Waals surface area contributed by atoms with E-state index in [0.717, 1.165) is 22.7 Å². The summed E-state index contributed by atoms with van der Waals surface area (Å²) in [6.45, 7) is 4.51. The Labute approximate surface area is 183 Å². The quantitative estimate of drug-likeness (QED) is 0.425. The third kappa shape index (κ3) is 6.32. The summed E-state index contributed by atoms with van der Waals surface area (Å²) in [5.41, 5.74) is 3.02. The molecule has 3 aromatic rings. The van der Waals surface area contributed by atoms with Crippen LogP contribution < -0.4 is 15.4 Å². The molecule has 2 N–H and O–H groups in total. The molecule has 6 nitrogen and oxygen atoms in total. The number of carbonyl (C=O) groups excluding carboxylic acids is 1. The standard InChI is InChI=1S/C20H20Cl2N4O2S/c1-12-5-7-15(10-13(12)2)23-19(27)24-20-26-25-18(29-20)4-3-9-28-17-8-6-14(21)11-16(17)22/h5-8,10-11H,3-4,9H2,1-2H3,(H2,23,24,26,27). The van der Waals surface area contributed by atoms with Crippen LogP contribution in [0.1, 0.15) is 22.6 Å². The second-order valence-electron chi connectivity index (χ2n) is 6.41. The van der Waals surface area contributed by atoms with Crippen molar-refractivity contribution in [2.45, 2.75) is 26.7 Å². The van der Waals surface area contributed by atoms with Crippen LogP contribution in [0.2, 0.25) is 10.0 Å². The summed E-state index contributed by atoms with van der Waals surface area (Å²) in [4.78, 5) is 12.1. The van der Waals surface area contributed by atoms with Crippen molar-refractivity contribution in [2.24, 2.45) is 0 Å². The van der Waals surface area contributed by atoms with Gasteiger partial charge in [0.15, 0.2) is 0 Å². The highest BCUT2D eigenvalue weighted by atomic mass is 35.5. The van der Waals surface area contributed by atoms with Gasteiger partial charge in [0, 0.05) is 17.1 Å². The maximum absolute atomic E-state index is 12.1. The topological polar surface area (TPSA) is 76.1 Å². The number of ether oxygens (including phenoxy) is 1. The molecule has 2 amide bonds. The van der Waals surface area contributed by atoms with Crippen molar-refractivity contribution in [1.82, 2.24) is 10.2 Å². The SMILES string of the molecule is Cc1ccc(NC(=O)Nc2nnc(CCCOc3ccc(Cl)cc3Cl)s2)cc1C. The van der Waals surface area contributed by atoms with Gasteiger partial charge in [0.05, 0.1) is 11.6 Å². The molecule has 1 aromatic heterocycles. The van der Waals surface area contributed by atoms with Gasteiger partial charge in [-0.3, -0.25) is 5.32 Å². The average Bonchev–Trinajstić information content (AvgIpc) is 3.10. The predicted molar refractivity (Wildman–Crippen MR) is 119 cm³/mol. The van der Waals surface area contributed by atoms with E-state index in [2.05, 4.69) is 20.8 Å². The number of hydrogen-bond donors (Lipinski definition) is 2. The van der Waals surface area contributed by atoms with Gasteiger partial charge < -0.3 is 10.1 Å². The molecule has 3 rings (SSSR count). The van der Waals surface area contributed by atoms with Gasteiger partial charge >= 0.3 is 6.03 Å². The molecule has 1 heterocycles. The van der Waals surface area contributed by atoms with Crippen LogP contribution in [0.15, 0.2) is 36.4 Å². The summed E-state index contributed by atoms with van der Waals surface area (Å²) in [7, 11) is 0. The Kier molecular flexibility index (Phi) is 7.30. The van der Waals surface area contributed by atoms with Gasteiger partial charge in [0.1, 0.15) is 10.8 Å². The predicted octanol–water partition coefficient (Wildman–Crippen LogP) is 6.12. The lowest BCUT2D eigenvalue weighted by Crippen LogP contribution is -2.19. The van der Waals surface area contributed by atoms with Gasteiger partial charge in [-0.15, -0.1) is 10.2 Å². The van der Waals surface area contributed by atoms with Crippen LogP contribution in [0.3, 0.4) is 0 Å².